The normalized spacial score (nSPS) is 19.8. The molecule has 5 aromatic carbocycles. The zero-order chi connectivity index (χ0) is 41.3. The first-order chi connectivity index (χ1) is 30.6. The van der Waals surface area contributed by atoms with Crippen LogP contribution in [-0.4, -0.2) is 28.9 Å². The van der Waals surface area contributed by atoms with Gasteiger partial charge in [0.05, 0.1) is 6.54 Å². The second kappa shape index (κ2) is 15.9. The van der Waals surface area contributed by atoms with E-state index >= 15 is 0 Å². The van der Waals surface area contributed by atoms with Crippen LogP contribution in [0, 0.1) is 0 Å². The fourth-order valence-corrected chi connectivity index (χ4v) is 13.3. The van der Waals surface area contributed by atoms with Crippen LogP contribution >= 0.6 is 16.5 Å². The van der Waals surface area contributed by atoms with Gasteiger partial charge in [-0.1, -0.05) is 54.6 Å². The lowest BCUT2D eigenvalue weighted by Gasteiger charge is -2.20. The molecule has 2 amide bonds. The molecule has 62 heavy (non-hydrogen) atoms. The molecule has 0 spiro atoms. The molecule has 2 unspecified atom stereocenters. The van der Waals surface area contributed by atoms with E-state index in [0.29, 0.717) is 22.3 Å². The summed E-state index contributed by atoms with van der Waals surface area (Å²) >= 11 is 0. The summed E-state index contributed by atoms with van der Waals surface area (Å²) < 4.78 is 40.6. The topological polar surface area (TPSA) is 108 Å². The average Bonchev–Trinajstić information content (AvgIpc) is 3.46. The summed E-state index contributed by atoms with van der Waals surface area (Å²) in [6.45, 7) is 0.0609. The van der Waals surface area contributed by atoms with Gasteiger partial charge in [-0.2, -0.15) is 0 Å². The minimum atomic E-state index is -2.24. The predicted octanol–water partition coefficient (Wildman–Crippen LogP) is 12.3. The van der Waals surface area contributed by atoms with E-state index in [2.05, 4.69) is 24.3 Å². The summed E-state index contributed by atoms with van der Waals surface area (Å²) in [5.41, 5.74) is 14.2. The number of hydrogen-bond donors (Lipinski definition) is 0. The minimum absolute atomic E-state index is 0.0609. The van der Waals surface area contributed by atoms with Crippen molar-refractivity contribution in [2.24, 2.45) is 0 Å². The van der Waals surface area contributed by atoms with Gasteiger partial charge in [0.25, 0.3) is 11.8 Å². The monoisotopic (exact) mass is 865 g/mol. The van der Waals surface area contributed by atoms with E-state index < -0.39 is 40.5 Å². The first-order valence-electron chi connectivity index (χ1n) is 22.7. The van der Waals surface area contributed by atoms with Crippen molar-refractivity contribution in [1.29, 1.82) is 0 Å². The average molecular weight is 866 g/mol. The molecule has 9 nitrogen and oxygen atoms in total. The summed E-state index contributed by atoms with van der Waals surface area (Å²) in [7, 11) is -4.48. The van der Waals surface area contributed by atoms with Crippen molar-refractivity contribution in [3.8, 4) is 0 Å². The van der Waals surface area contributed by atoms with Crippen LogP contribution in [0.3, 0.4) is 0 Å². The highest BCUT2D eigenvalue weighted by molar-refractivity contribution is 7.32. The van der Waals surface area contributed by atoms with Crippen LogP contribution in [0.1, 0.15) is 101 Å². The quantitative estimate of drug-likeness (QED) is 0.152. The first kappa shape index (κ1) is 38.6. The number of benzene rings is 5. The van der Waals surface area contributed by atoms with Gasteiger partial charge in [0.15, 0.2) is 12.2 Å². The van der Waals surface area contributed by atoms with Crippen LogP contribution in [0.5, 0.6) is 0 Å². The van der Waals surface area contributed by atoms with Crippen molar-refractivity contribution in [3.05, 3.63) is 129 Å². The standard InChI is InChI=1S/C51H49NO8P2/c53-50-48(59-61-55-40-26-22-32-14-4-8-18-36(32)44(40)45-37-19-9-5-15-33(37)23-27-41(45)56-61)49(51(54)52(50)30-31-12-2-1-3-13-31)60-62-57-42-28-24-34-16-6-10-20-38(34)46(42)47-39-21-11-7-17-35(39)25-29-43(47)58-62/h1-3,12-13,22-29,48-49H,4-11,14-21,30H2. The highest BCUT2D eigenvalue weighted by Gasteiger charge is 2.52. The number of carbonyl (C=O) groups excluding carboxylic acids is 2. The second-order valence-corrected chi connectivity index (χ2v) is 19.8. The van der Waals surface area contributed by atoms with E-state index in [1.165, 1.54) is 49.4 Å². The van der Waals surface area contributed by atoms with Crippen molar-refractivity contribution >= 4 is 72.2 Å². The van der Waals surface area contributed by atoms with Gasteiger partial charge < -0.3 is 16.8 Å². The van der Waals surface area contributed by atoms with Gasteiger partial charge in [0, 0.05) is 21.5 Å². The third-order valence-corrected chi connectivity index (χ3v) is 16.2. The smallest absolute Gasteiger partial charge is 0.388 e. The number of likely N-dealkylation sites (tertiary alicyclic amines) is 1. The number of nitrogens with zero attached hydrogens (tertiary/aromatic N) is 1. The van der Waals surface area contributed by atoms with Crippen LogP contribution in [0.15, 0.2) is 95.6 Å². The number of carbonyl (C=O) groups is 2. The van der Waals surface area contributed by atoms with Gasteiger partial charge in [-0.25, -0.2) is 0 Å². The Kier molecular flexibility index (Phi) is 9.93. The van der Waals surface area contributed by atoms with Crippen molar-refractivity contribution < 1.29 is 35.4 Å². The number of imide groups is 1. The molecule has 2 atom stereocenters. The Hall–Kier alpha value is -5.04. The van der Waals surface area contributed by atoms with Crippen LogP contribution < -0.4 is 9.05 Å². The molecular formula is C51H49NO8P2. The van der Waals surface area contributed by atoms with E-state index in [-0.39, 0.29) is 6.54 Å². The van der Waals surface area contributed by atoms with Gasteiger partial charge >= 0.3 is 16.5 Å². The van der Waals surface area contributed by atoms with Crippen LogP contribution in [0.25, 0.3) is 43.9 Å². The lowest BCUT2D eigenvalue weighted by atomic mass is 9.84. The second-order valence-electron chi connectivity index (χ2n) is 17.7. The largest absolute Gasteiger partial charge is 0.399 e. The Morgan fingerprint density at radius 3 is 1.10 bits per heavy atom. The van der Waals surface area contributed by atoms with Crippen molar-refractivity contribution in [1.82, 2.24) is 4.90 Å². The number of amides is 2. The Morgan fingerprint density at radius 2 is 0.758 bits per heavy atom. The molecule has 5 aliphatic rings. The van der Waals surface area contributed by atoms with Gasteiger partial charge in [-0.3, -0.25) is 23.5 Å². The van der Waals surface area contributed by atoms with Gasteiger partial charge in [-0.05, 0) is 177 Å². The van der Waals surface area contributed by atoms with E-state index in [0.717, 1.165) is 130 Å². The maximum Gasteiger partial charge on any atom is 0.388 e. The lowest BCUT2D eigenvalue weighted by molar-refractivity contribution is -0.141. The van der Waals surface area contributed by atoms with Crippen LogP contribution in [-0.2, 0) is 67.5 Å². The first-order valence-corrected chi connectivity index (χ1v) is 24.9. The van der Waals surface area contributed by atoms with E-state index in [1.807, 2.05) is 54.6 Å². The molecule has 0 bridgehead atoms. The third-order valence-electron chi connectivity index (χ3n) is 14.0. The van der Waals surface area contributed by atoms with Crippen molar-refractivity contribution in [2.75, 3.05) is 0 Å². The van der Waals surface area contributed by atoms with Crippen LogP contribution in [0.4, 0.5) is 0 Å². The molecule has 316 valence electrons. The van der Waals surface area contributed by atoms with Crippen LogP contribution in [0.2, 0.25) is 0 Å². The fraction of sp³-hybridized carbons (Fsp3) is 0.373. The summed E-state index contributed by atoms with van der Waals surface area (Å²) in [5.74, 6) is -1.04. The maximum atomic E-state index is 14.7. The Balaban J connectivity index is 1.02. The van der Waals surface area contributed by atoms with E-state index in [9.17, 15) is 9.59 Å². The molecule has 7 aromatic rings. The summed E-state index contributed by atoms with van der Waals surface area (Å²) in [6, 6.07) is 26.4. The molecular weight excluding hydrogens is 817 g/mol. The molecule has 1 saturated heterocycles. The van der Waals surface area contributed by atoms with Gasteiger partial charge in [-0.15, -0.1) is 0 Å². The molecule has 3 heterocycles. The van der Waals surface area contributed by atoms with Gasteiger partial charge in [0.1, 0.15) is 22.3 Å². The number of rotatable bonds is 6. The minimum Gasteiger partial charge on any atom is -0.399 e. The highest BCUT2D eigenvalue weighted by atomic mass is 31.1. The summed E-state index contributed by atoms with van der Waals surface area (Å²) in [6.07, 6.45) is 14.3. The molecule has 12 rings (SSSR count). The number of fused-ring (bicyclic) bond motifs is 14. The fourth-order valence-electron chi connectivity index (χ4n) is 11.1. The molecule has 1 aliphatic heterocycles. The molecule has 0 N–H and O–H groups in total. The summed E-state index contributed by atoms with van der Waals surface area (Å²) in [4.78, 5) is 30.7. The molecule has 4 aliphatic carbocycles. The molecule has 11 heteroatoms. The lowest BCUT2D eigenvalue weighted by Crippen LogP contribution is -2.37. The van der Waals surface area contributed by atoms with Gasteiger partial charge in [0.2, 0.25) is 0 Å². The van der Waals surface area contributed by atoms with E-state index in [4.69, 9.17) is 25.8 Å². The zero-order valence-corrected chi connectivity index (χ0v) is 36.6. The molecule has 0 saturated carbocycles. The highest BCUT2D eigenvalue weighted by Crippen LogP contribution is 2.45. The molecule has 0 radical (unpaired) electrons. The predicted molar refractivity (Wildman–Crippen MR) is 242 cm³/mol. The molecule has 2 aromatic heterocycles. The Morgan fingerprint density at radius 1 is 0.435 bits per heavy atom. The number of aryl methyl sites for hydroxylation is 8. The third kappa shape index (κ3) is 6.66. The summed E-state index contributed by atoms with van der Waals surface area (Å²) in [5, 5.41) is 4.34. The SMILES string of the molecule is O=C1C(Op2oc3ccc4c(c3c3c5c(ccc3o2)CCCC5)CCCC4)C(Op2oc3ccc4c(c3c3c5c(ccc3o2)CCCC5)CCCC4)C(=O)N1Cc1ccccc1. The Bertz CT molecular complexity index is 2700. The van der Waals surface area contributed by atoms with E-state index in [1.54, 1.807) is 0 Å². The zero-order valence-electron chi connectivity index (χ0n) is 34.8. The van der Waals surface area contributed by atoms with Crippen molar-refractivity contribution in [3.63, 3.8) is 0 Å². The number of hydrogen-bond acceptors (Lipinski definition) is 8. The molecule has 1 fully saturated rings. The van der Waals surface area contributed by atoms with Crippen molar-refractivity contribution in [2.45, 2.75) is 121 Å². The maximum absolute atomic E-state index is 14.7. The Labute approximate surface area is 361 Å².